The fourth-order valence-electron chi connectivity index (χ4n) is 1.78. The third kappa shape index (κ3) is 2.90. The number of amidine groups is 1. The minimum atomic E-state index is -0.0566. The molecule has 1 atom stereocenters. The zero-order chi connectivity index (χ0) is 13.0. The van der Waals surface area contributed by atoms with Gasteiger partial charge < -0.3 is 5.73 Å². The number of hydrogen-bond donors (Lipinski definition) is 1. The van der Waals surface area contributed by atoms with Crippen molar-refractivity contribution in [1.82, 2.24) is 0 Å². The van der Waals surface area contributed by atoms with E-state index >= 15 is 0 Å². The van der Waals surface area contributed by atoms with Crippen molar-refractivity contribution in [1.29, 1.82) is 0 Å². The van der Waals surface area contributed by atoms with E-state index in [-0.39, 0.29) is 6.04 Å². The van der Waals surface area contributed by atoms with Crippen LogP contribution >= 0.6 is 11.6 Å². The van der Waals surface area contributed by atoms with Crippen molar-refractivity contribution in [3.05, 3.63) is 70.7 Å². The van der Waals surface area contributed by atoms with Gasteiger partial charge in [0.05, 0.1) is 6.04 Å². The summed E-state index contributed by atoms with van der Waals surface area (Å²) in [5, 5.41) is 0.717. The first-order valence-corrected chi connectivity index (χ1v) is 6.19. The molecule has 3 heteroatoms. The van der Waals surface area contributed by atoms with Gasteiger partial charge in [0.25, 0.3) is 0 Å². The van der Waals surface area contributed by atoms with Crippen LogP contribution in [0.2, 0.25) is 5.02 Å². The summed E-state index contributed by atoms with van der Waals surface area (Å²) in [7, 11) is 0. The lowest BCUT2D eigenvalue weighted by atomic mass is 10.1. The molecule has 2 nitrogen and oxygen atoms in total. The van der Waals surface area contributed by atoms with Crippen molar-refractivity contribution in [3.8, 4) is 0 Å². The van der Waals surface area contributed by atoms with E-state index < -0.39 is 0 Å². The Balaban J connectivity index is 2.26. The standard InChI is InChI=1S/C15H15ClN2/c1-11(13-9-5-6-10-14(13)16)18-15(17)12-7-3-2-4-8-12/h2-11H,1H3,(H2,17,18). The minimum absolute atomic E-state index is 0.0566. The smallest absolute Gasteiger partial charge is 0.126 e. The lowest BCUT2D eigenvalue weighted by molar-refractivity contribution is 0.819. The van der Waals surface area contributed by atoms with Crippen molar-refractivity contribution in [2.75, 3.05) is 0 Å². The van der Waals surface area contributed by atoms with E-state index in [2.05, 4.69) is 4.99 Å². The largest absolute Gasteiger partial charge is 0.383 e. The minimum Gasteiger partial charge on any atom is -0.383 e. The summed E-state index contributed by atoms with van der Waals surface area (Å²) in [5.41, 5.74) is 7.90. The molecule has 0 heterocycles. The Bertz CT molecular complexity index is 549. The van der Waals surface area contributed by atoms with Crippen molar-refractivity contribution in [3.63, 3.8) is 0 Å². The fraction of sp³-hybridized carbons (Fsp3) is 0.133. The van der Waals surface area contributed by atoms with Crippen LogP contribution in [0.15, 0.2) is 59.6 Å². The number of hydrogen-bond acceptors (Lipinski definition) is 1. The second-order valence-corrected chi connectivity index (χ2v) is 4.49. The Morgan fingerprint density at radius 1 is 1.06 bits per heavy atom. The monoisotopic (exact) mass is 258 g/mol. The summed E-state index contributed by atoms with van der Waals surface area (Å²) in [6.45, 7) is 1.98. The maximum atomic E-state index is 6.14. The van der Waals surface area contributed by atoms with Gasteiger partial charge in [0, 0.05) is 10.6 Å². The third-order valence-corrected chi connectivity index (χ3v) is 3.10. The lowest BCUT2D eigenvalue weighted by Crippen LogP contribution is -2.14. The normalized spacial score (nSPS) is 13.3. The van der Waals surface area contributed by atoms with Crippen LogP contribution in [0.25, 0.3) is 0 Å². The molecule has 0 fully saturated rings. The van der Waals surface area contributed by atoms with Crippen molar-refractivity contribution in [2.24, 2.45) is 10.7 Å². The molecular formula is C15H15ClN2. The molecule has 0 aliphatic heterocycles. The van der Waals surface area contributed by atoms with Gasteiger partial charge in [-0.25, -0.2) is 0 Å². The van der Waals surface area contributed by atoms with Crippen LogP contribution in [0, 0.1) is 0 Å². The maximum absolute atomic E-state index is 6.14. The van der Waals surface area contributed by atoms with E-state index in [0.29, 0.717) is 5.84 Å². The molecule has 0 amide bonds. The quantitative estimate of drug-likeness (QED) is 0.660. The summed E-state index contributed by atoms with van der Waals surface area (Å²) in [5.74, 6) is 0.531. The highest BCUT2D eigenvalue weighted by molar-refractivity contribution is 6.31. The Kier molecular flexibility index (Phi) is 4.00. The van der Waals surface area contributed by atoms with Gasteiger partial charge in [-0.3, -0.25) is 4.99 Å². The Morgan fingerprint density at radius 2 is 1.67 bits per heavy atom. The molecule has 0 saturated carbocycles. The van der Waals surface area contributed by atoms with Crippen molar-refractivity contribution >= 4 is 17.4 Å². The molecule has 2 rings (SSSR count). The Morgan fingerprint density at radius 3 is 2.33 bits per heavy atom. The molecule has 0 saturated heterocycles. The van der Waals surface area contributed by atoms with Crippen LogP contribution in [0.4, 0.5) is 0 Å². The van der Waals surface area contributed by atoms with E-state index in [1.165, 1.54) is 0 Å². The molecule has 0 aliphatic carbocycles. The molecular weight excluding hydrogens is 244 g/mol. The molecule has 0 bridgehead atoms. The average Bonchev–Trinajstić information content (AvgIpc) is 2.40. The highest BCUT2D eigenvalue weighted by Crippen LogP contribution is 2.25. The van der Waals surface area contributed by atoms with E-state index in [1.807, 2.05) is 61.5 Å². The van der Waals surface area contributed by atoms with Crippen molar-refractivity contribution < 1.29 is 0 Å². The number of nitrogens with two attached hydrogens (primary N) is 1. The van der Waals surface area contributed by atoms with Gasteiger partial charge in [-0.15, -0.1) is 0 Å². The maximum Gasteiger partial charge on any atom is 0.126 e. The van der Waals surface area contributed by atoms with Gasteiger partial charge >= 0.3 is 0 Å². The first-order chi connectivity index (χ1) is 8.68. The topological polar surface area (TPSA) is 38.4 Å². The number of rotatable bonds is 3. The molecule has 2 N–H and O–H groups in total. The van der Waals surface area contributed by atoms with E-state index in [0.717, 1.165) is 16.1 Å². The number of aliphatic imine (C=N–C) groups is 1. The first kappa shape index (κ1) is 12.7. The number of nitrogens with zero attached hydrogens (tertiary/aromatic N) is 1. The fourth-order valence-corrected chi connectivity index (χ4v) is 2.07. The van der Waals surface area contributed by atoms with Crippen LogP contribution in [-0.4, -0.2) is 5.84 Å². The predicted octanol–water partition coefficient (Wildman–Crippen LogP) is 3.81. The highest BCUT2D eigenvalue weighted by atomic mass is 35.5. The molecule has 0 spiro atoms. The molecule has 0 radical (unpaired) electrons. The van der Waals surface area contributed by atoms with Crippen molar-refractivity contribution in [2.45, 2.75) is 13.0 Å². The lowest BCUT2D eigenvalue weighted by Gasteiger charge is -2.10. The van der Waals surface area contributed by atoms with Crippen LogP contribution in [0.5, 0.6) is 0 Å². The molecule has 18 heavy (non-hydrogen) atoms. The van der Waals surface area contributed by atoms with Crippen LogP contribution in [-0.2, 0) is 0 Å². The van der Waals surface area contributed by atoms with Gasteiger partial charge in [-0.2, -0.15) is 0 Å². The number of halogens is 1. The zero-order valence-corrected chi connectivity index (χ0v) is 10.9. The zero-order valence-electron chi connectivity index (χ0n) is 10.2. The van der Waals surface area contributed by atoms with Gasteiger partial charge in [0.2, 0.25) is 0 Å². The molecule has 92 valence electrons. The molecule has 2 aromatic carbocycles. The molecule has 0 aromatic heterocycles. The molecule has 1 unspecified atom stereocenters. The predicted molar refractivity (Wildman–Crippen MR) is 77.0 cm³/mol. The molecule has 0 aliphatic rings. The SMILES string of the molecule is CC(N=C(N)c1ccccc1)c1ccccc1Cl. The summed E-state index contributed by atoms with van der Waals surface area (Å²) in [6, 6.07) is 17.4. The van der Waals surface area contributed by atoms with Crippen LogP contribution in [0.3, 0.4) is 0 Å². The average molecular weight is 259 g/mol. The van der Waals surface area contributed by atoms with Gasteiger partial charge in [-0.1, -0.05) is 60.1 Å². The summed E-state index contributed by atoms with van der Waals surface area (Å²) >= 11 is 6.14. The second kappa shape index (κ2) is 5.69. The van der Waals surface area contributed by atoms with Gasteiger partial charge in [0.1, 0.15) is 5.84 Å². The number of benzene rings is 2. The van der Waals surface area contributed by atoms with Crippen LogP contribution < -0.4 is 5.73 Å². The van der Waals surface area contributed by atoms with Gasteiger partial charge in [0.15, 0.2) is 0 Å². The third-order valence-electron chi connectivity index (χ3n) is 2.76. The first-order valence-electron chi connectivity index (χ1n) is 5.81. The van der Waals surface area contributed by atoms with Crippen LogP contribution in [0.1, 0.15) is 24.1 Å². The summed E-state index contributed by atoms with van der Waals surface area (Å²) < 4.78 is 0. The Hall–Kier alpha value is -1.80. The second-order valence-electron chi connectivity index (χ2n) is 4.08. The van der Waals surface area contributed by atoms with E-state index in [4.69, 9.17) is 17.3 Å². The summed E-state index contributed by atoms with van der Waals surface area (Å²) in [6.07, 6.45) is 0. The van der Waals surface area contributed by atoms with E-state index in [1.54, 1.807) is 0 Å². The van der Waals surface area contributed by atoms with E-state index in [9.17, 15) is 0 Å². The molecule has 2 aromatic rings. The Labute approximate surface area is 112 Å². The highest BCUT2D eigenvalue weighted by Gasteiger charge is 2.08. The van der Waals surface area contributed by atoms with Gasteiger partial charge in [-0.05, 0) is 18.6 Å². The summed E-state index contributed by atoms with van der Waals surface area (Å²) in [4.78, 5) is 4.49.